The highest BCUT2D eigenvalue weighted by Gasteiger charge is 2.10. The molecule has 0 aliphatic carbocycles. The number of ether oxygens (including phenoxy) is 2. The molecular weight excluding hydrogens is 264 g/mol. The molecule has 112 valence electrons. The number of hydrogen-bond donors (Lipinski definition) is 1. The molecule has 4 heteroatoms. The van der Waals surface area contributed by atoms with Crippen molar-refractivity contribution in [2.45, 2.75) is 32.9 Å². The zero-order valence-electron chi connectivity index (χ0n) is 13.0. The van der Waals surface area contributed by atoms with Gasteiger partial charge >= 0.3 is 0 Å². The SMILES string of the molecule is COc1ccccc1Oc1cccc(CNC(C)(C)C)n1. The molecule has 4 nitrogen and oxygen atoms in total. The Kier molecular flexibility index (Phi) is 4.81. The summed E-state index contributed by atoms with van der Waals surface area (Å²) in [6, 6.07) is 13.3. The highest BCUT2D eigenvalue weighted by molar-refractivity contribution is 5.41. The highest BCUT2D eigenvalue weighted by atomic mass is 16.5. The first kappa shape index (κ1) is 15.3. The predicted molar refractivity (Wildman–Crippen MR) is 83.9 cm³/mol. The average Bonchev–Trinajstić information content (AvgIpc) is 2.45. The Morgan fingerprint density at radius 2 is 1.71 bits per heavy atom. The Morgan fingerprint density at radius 3 is 2.38 bits per heavy atom. The van der Waals surface area contributed by atoms with Gasteiger partial charge in [-0.3, -0.25) is 0 Å². The van der Waals surface area contributed by atoms with Crippen LogP contribution in [-0.2, 0) is 6.54 Å². The smallest absolute Gasteiger partial charge is 0.219 e. The minimum Gasteiger partial charge on any atom is -0.493 e. The summed E-state index contributed by atoms with van der Waals surface area (Å²) < 4.78 is 11.1. The van der Waals surface area contributed by atoms with E-state index in [2.05, 4.69) is 31.1 Å². The number of methoxy groups -OCH3 is 1. The molecule has 0 radical (unpaired) electrons. The number of hydrogen-bond acceptors (Lipinski definition) is 4. The zero-order chi connectivity index (χ0) is 15.3. The van der Waals surface area contributed by atoms with Gasteiger partial charge < -0.3 is 14.8 Å². The van der Waals surface area contributed by atoms with Gasteiger partial charge in [-0.1, -0.05) is 18.2 Å². The molecule has 0 saturated carbocycles. The summed E-state index contributed by atoms with van der Waals surface area (Å²) in [5.74, 6) is 1.92. The molecule has 0 amide bonds. The van der Waals surface area contributed by atoms with Crippen molar-refractivity contribution in [2.75, 3.05) is 7.11 Å². The van der Waals surface area contributed by atoms with Crippen LogP contribution in [0.2, 0.25) is 0 Å². The molecule has 1 aromatic carbocycles. The van der Waals surface area contributed by atoms with E-state index in [1.165, 1.54) is 0 Å². The summed E-state index contributed by atoms with van der Waals surface area (Å²) in [5, 5.41) is 3.41. The topological polar surface area (TPSA) is 43.4 Å². The van der Waals surface area contributed by atoms with E-state index in [0.717, 1.165) is 5.69 Å². The molecule has 0 aliphatic heterocycles. The van der Waals surface area contributed by atoms with E-state index in [-0.39, 0.29) is 5.54 Å². The lowest BCUT2D eigenvalue weighted by Gasteiger charge is -2.20. The predicted octanol–water partition coefficient (Wildman–Crippen LogP) is 3.77. The summed E-state index contributed by atoms with van der Waals surface area (Å²) in [6.07, 6.45) is 0. The van der Waals surface area contributed by atoms with Crippen molar-refractivity contribution in [3.63, 3.8) is 0 Å². The van der Waals surface area contributed by atoms with E-state index < -0.39 is 0 Å². The molecule has 0 bridgehead atoms. The summed E-state index contributed by atoms with van der Waals surface area (Å²) in [4.78, 5) is 4.51. The molecule has 0 aliphatic rings. The maximum absolute atomic E-state index is 5.81. The van der Waals surface area contributed by atoms with Crippen LogP contribution in [0.1, 0.15) is 26.5 Å². The molecule has 1 heterocycles. The fourth-order valence-corrected chi connectivity index (χ4v) is 1.78. The third kappa shape index (κ3) is 4.76. The third-order valence-corrected chi connectivity index (χ3v) is 2.86. The van der Waals surface area contributed by atoms with Crippen LogP contribution in [0.15, 0.2) is 42.5 Å². The Bertz CT molecular complexity index is 591. The number of nitrogens with zero attached hydrogens (tertiary/aromatic N) is 1. The molecule has 0 fully saturated rings. The standard InChI is InChI=1S/C17H22N2O2/c1-17(2,3)18-12-13-8-7-11-16(19-13)21-15-10-6-5-9-14(15)20-4/h5-11,18H,12H2,1-4H3. The Labute approximate surface area is 126 Å². The van der Waals surface area contributed by atoms with Gasteiger partial charge in [-0.2, -0.15) is 0 Å². The van der Waals surface area contributed by atoms with Crippen molar-refractivity contribution in [2.24, 2.45) is 0 Å². The van der Waals surface area contributed by atoms with Crippen molar-refractivity contribution in [3.05, 3.63) is 48.2 Å². The van der Waals surface area contributed by atoms with Crippen molar-refractivity contribution in [1.29, 1.82) is 0 Å². The fourth-order valence-electron chi connectivity index (χ4n) is 1.78. The number of rotatable bonds is 5. The highest BCUT2D eigenvalue weighted by Crippen LogP contribution is 2.29. The maximum atomic E-state index is 5.81. The fraction of sp³-hybridized carbons (Fsp3) is 0.353. The summed E-state index contributed by atoms with van der Waals surface area (Å²) >= 11 is 0. The van der Waals surface area contributed by atoms with E-state index in [0.29, 0.717) is 23.9 Å². The second-order valence-electron chi connectivity index (χ2n) is 5.82. The van der Waals surface area contributed by atoms with Gasteiger partial charge in [0.25, 0.3) is 0 Å². The molecule has 0 saturated heterocycles. The molecule has 0 atom stereocenters. The van der Waals surface area contributed by atoms with Crippen molar-refractivity contribution in [3.8, 4) is 17.4 Å². The van der Waals surface area contributed by atoms with E-state index in [4.69, 9.17) is 9.47 Å². The van der Waals surface area contributed by atoms with Crippen LogP contribution in [0.25, 0.3) is 0 Å². The second kappa shape index (κ2) is 6.59. The quantitative estimate of drug-likeness (QED) is 0.908. The third-order valence-electron chi connectivity index (χ3n) is 2.86. The molecule has 1 N–H and O–H groups in total. The first-order valence-electron chi connectivity index (χ1n) is 7.00. The van der Waals surface area contributed by atoms with Crippen molar-refractivity contribution >= 4 is 0 Å². The van der Waals surface area contributed by atoms with E-state index in [1.54, 1.807) is 7.11 Å². The largest absolute Gasteiger partial charge is 0.493 e. The normalized spacial score (nSPS) is 11.2. The van der Waals surface area contributed by atoms with Crippen LogP contribution in [0.4, 0.5) is 0 Å². The van der Waals surface area contributed by atoms with Gasteiger partial charge in [0, 0.05) is 18.2 Å². The minimum absolute atomic E-state index is 0.0567. The second-order valence-corrected chi connectivity index (χ2v) is 5.82. The summed E-state index contributed by atoms with van der Waals surface area (Å²) in [5.41, 5.74) is 0.999. The van der Waals surface area contributed by atoms with Crippen LogP contribution in [0.5, 0.6) is 17.4 Å². The van der Waals surface area contributed by atoms with E-state index >= 15 is 0 Å². The molecule has 0 unspecified atom stereocenters. The van der Waals surface area contributed by atoms with Crippen LogP contribution < -0.4 is 14.8 Å². The Balaban J connectivity index is 2.10. The Hall–Kier alpha value is -2.07. The van der Waals surface area contributed by atoms with Gasteiger partial charge in [0.05, 0.1) is 12.8 Å². The molecular formula is C17H22N2O2. The van der Waals surface area contributed by atoms with Gasteiger partial charge in [0.2, 0.25) is 5.88 Å². The zero-order valence-corrected chi connectivity index (χ0v) is 13.0. The average molecular weight is 286 g/mol. The van der Waals surface area contributed by atoms with E-state index in [9.17, 15) is 0 Å². The summed E-state index contributed by atoms with van der Waals surface area (Å²) in [6.45, 7) is 7.08. The van der Waals surface area contributed by atoms with Crippen molar-refractivity contribution < 1.29 is 9.47 Å². The lowest BCUT2D eigenvalue weighted by atomic mass is 10.1. The molecule has 2 rings (SSSR count). The summed E-state index contributed by atoms with van der Waals surface area (Å²) in [7, 11) is 1.62. The van der Waals surface area contributed by atoms with E-state index in [1.807, 2.05) is 42.5 Å². The van der Waals surface area contributed by atoms with Gasteiger partial charge in [0.1, 0.15) is 0 Å². The van der Waals surface area contributed by atoms with Crippen LogP contribution >= 0.6 is 0 Å². The maximum Gasteiger partial charge on any atom is 0.219 e. The van der Waals surface area contributed by atoms with Crippen LogP contribution in [0, 0.1) is 0 Å². The Morgan fingerprint density at radius 1 is 1.00 bits per heavy atom. The van der Waals surface area contributed by atoms with Gasteiger partial charge in [0.15, 0.2) is 11.5 Å². The van der Waals surface area contributed by atoms with Crippen LogP contribution in [0.3, 0.4) is 0 Å². The van der Waals surface area contributed by atoms with Gasteiger partial charge in [-0.15, -0.1) is 0 Å². The van der Waals surface area contributed by atoms with Gasteiger partial charge in [-0.25, -0.2) is 4.98 Å². The van der Waals surface area contributed by atoms with Crippen molar-refractivity contribution in [1.82, 2.24) is 10.3 Å². The molecule has 2 aromatic rings. The van der Waals surface area contributed by atoms with Crippen LogP contribution in [-0.4, -0.2) is 17.6 Å². The molecule has 21 heavy (non-hydrogen) atoms. The first-order chi connectivity index (χ1) is 9.98. The minimum atomic E-state index is 0.0567. The lowest BCUT2D eigenvalue weighted by molar-refractivity contribution is 0.372. The molecule has 1 aromatic heterocycles. The number of para-hydroxylation sites is 2. The number of pyridine rings is 1. The number of aromatic nitrogens is 1. The number of nitrogens with one attached hydrogen (secondary N) is 1. The number of benzene rings is 1. The molecule has 0 spiro atoms. The lowest BCUT2D eigenvalue weighted by Crippen LogP contribution is -2.35. The van der Waals surface area contributed by atoms with Gasteiger partial charge in [-0.05, 0) is 39.0 Å². The first-order valence-corrected chi connectivity index (χ1v) is 7.00. The monoisotopic (exact) mass is 286 g/mol.